The van der Waals surface area contributed by atoms with Crippen LogP contribution in [0.15, 0.2) is 42.7 Å². The average molecular weight is 446 g/mol. The zero-order valence-electron chi connectivity index (χ0n) is 18.2. The van der Waals surface area contributed by atoms with Crippen molar-refractivity contribution in [3.05, 3.63) is 53.9 Å². The number of piperidine rings is 1. The van der Waals surface area contributed by atoms with Gasteiger partial charge < -0.3 is 19.3 Å². The number of fused-ring (bicyclic) bond motifs is 1. The summed E-state index contributed by atoms with van der Waals surface area (Å²) in [7, 11) is 3.36. The van der Waals surface area contributed by atoms with Crippen LogP contribution in [-0.4, -0.2) is 50.4 Å². The Morgan fingerprint density at radius 2 is 1.91 bits per heavy atom. The molecule has 2 aliphatic rings. The van der Waals surface area contributed by atoms with Gasteiger partial charge in [-0.25, -0.2) is 4.98 Å². The Morgan fingerprint density at radius 3 is 2.64 bits per heavy atom. The summed E-state index contributed by atoms with van der Waals surface area (Å²) in [5.74, 6) is -0.546. The van der Waals surface area contributed by atoms with Crippen LogP contribution in [0.1, 0.15) is 28.8 Å². The minimum atomic E-state index is -0.654. The molecule has 9 nitrogen and oxygen atoms in total. The van der Waals surface area contributed by atoms with E-state index in [0.29, 0.717) is 30.0 Å². The first-order valence-electron chi connectivity index (χ1n) is 10.5. The van der Waals surface area contributed by atoms with Crippen molar-refractivity contribution in [2.45, 2.75) is 25.4 Å². The molecule has 2 aromatic carbocycles. The van der Waals surface area contributed by atoms with Crippen LogP contribution < -0.4 is 10.1 Å². The van der Waals surface area contributed by atoms with Gasteiger partial charge in [-0.3, -0.25) is 19.7 Å². The van der Waals surface area contributed by atoms with Crippen molar-refractivity contribution >= 4 is 17.7 Å². The van der Waals surface area contributed by atoms with Crippen LogP contribution in [-0.2, 0) is 23.2 Å². The number of imide groups is 1. The zero-order chi connectivity index (χ0) is 23.3. The van der Waals surface area contributed by atoms with Gasteiger partial charge in [0, 0.05) is 36.7 Å². The molecule has 5 rings (SSSR count). The van der Waals surface area contributed by atoms with Gasteiger partial charge in [-0.1, -0.05) is 6.07 Å². The number of carbonyl (C=O) groups excluding carboxylic acids is 3. The first-order valence-corrected chi connectivity index (χ1v) is 10.5. The summed E-state index contributed by atoms with van der Waals surface area (Å²) in [5.41, 5.74) is 4.44. The van der Waals surface area contributed by atoms with Gasteiger partial charge in [-0.2, -0.15) is 0 Å². The maximum atomic E-state index is 13.0. The molecule has 1 unspecified atom stereocenters. The second-order valence-electron chi connectivity index (χ2n) is 8.21. The van der Waals surface area contributed by atoms with Crippen LogP contribution >= 0.6 is 0 Å². The van der Waals surface area contributed by atoms with Crippen LogP contribution in [0.5, 0.6) is 11.5 Å². The molecular weight excluding hydrogens is 424 g/mol. The number of carbonyl (C=O) groups is 3. The van der Waals surface area contributed by atoms with E-state index < -0.39 is 11.9 Å². The summed E-state index contributed by atoms with van der Waals surface area (Å²) in [6.45, 7) is 0.291. The van der Waals surface area contributed by atoms with E-state index in [9.17, 15) is 19.5 Å². The number of rotatable bonds is 4. The SMILES string of the molecule is COc1ccc(-c2c(-c3ccc4c(c3)CN(C3CCC(=O)NC3=O)C4=O)ncn2C)cc1O. The molecule has 3 amide bonds. The third-order valence-electron chi connectivity index (χ3n) is 6.19. The summed E-state index contributed by atoms with van der Waals surface area (Å²) in [6, 6.07) is 10.0. The number of hydrogen-bond donors (Lipinski definition) is 2. The fourth-order valence-electron chi connectivity index (χ4n) is 4.54. The molecule has 1 fully saturated rings. The molecule has 3 aromatic rings. The molecule has 1 aromatic heterocycles. The highest BCUT2D eigenvalue weighted by Gasteiger charge is 2.39. The van der Waals surface area contributed by atoms with E-state index in [0.717, 1.165) is 22.4 Å². The number of methoxy groups -OCH3 is 1. The highest BCUT2D eigenvalue weighted by molar-refractivity contribution is 6.05. The zero-order valence-corrected chi connectivity index (χ0v) is 18.2. The molecule has 2 N–H and O–H groups in total. The molecule has 0 aliphatic carbocycles. The Balaban J connectivity index is 1.49. The minimum absolute atomic E-state index is 0.0292. The quantitative estimate of drug-likeness (QED) is 0.594. The molecule has 1 saturated heterocycles. The molecule has 0 bridgehead atoms. The van der Waals surface area contributed by atoms with Crippen molar-refractivity contribution in [2.75, 3.05) is 7.11 Å². The Labute approximate surface area is 189 Å². The number of phenolic OH excluding ortho intramolecular Hbond substituents is 1. The molecule has 9 heteroatoms. The number of imidazole rings is 1. The van der Waals surface area contributed by atoms with Crippen LogP contribution in [0.2, 0.25) is 0 Å². The monoisotopic (exact) mass is 446 g/mol. The lowest BCUT2D eigenvalue weighted by molar-refractivity contribution is -0.136. The lowest BCUT2D eigenvalue weighted by Gasteiger charge is -2.29. The lowest BCUT2D eigenvalue weighted by atomic mass is 10.0. The summed E-state index contributed by atoms with van der Waals surface area (Å²) >= 11 is 0. The topological polar surface area (TPSA) is 114 Å². The van der Waals surface area contributed by atoms with Crippen LogP contribution in [0.3, 0.4) is 0 Å². The molecule has 0 spiro atoms. The van der Waals surface area contributed by atoms with Gasteiger partial charge in [-0.05, 0) is 42.3 Å². The fraction of sp³-hybridized carbons (Fsp3) is 0.250. The van der Waals surface area contributed by atoms with Crippen molar-refractivity contribution in [3.63, 3.8) is 0 Å². The molecule has 0 radical (unpaired) electrons. The van der Waals surface area contributed by atoms with Gasteiger partial charge in [-0.15, -0.1) is 0 Å². The molecule has 33 heavy (non-hydrogen) atoms. The number of aromatic hydroxyl groups is 1. The van der Waals surface area contributed by atoms with Crippen LogP contribution in [0, 0.1) is 0 Å². The Morgan fingerprint density at radius 1 is 1.12 bits per heavy atom. The molecular formula is C24H22N4O5. The first-order chi connectivity index (χ1) is 15.9. The smallest absolute Gasteiger partial charge is 0.255 e. The van der Waals surface area contributed by atoms with Crippen molar-refractivity contribution in [1.82, 2.24) is 19.8 Å². The number of ether oxygens (including phenoxy) is 1. The van der Waals surface area contributed by atoms with Gasteiger partial charge >= 0.3 is 0 Å². The standard InChI is InChI=1S/C24H22N4O5/c1-27-12-25-21(22(27)14-4-7-19(33-2)18(29)10-14)13-3-5-16-15(9-13)11-28(24(16)32)17-6-8-20(30)26-23(17)31/h3-5,7,9-10,12,17,29H,6,8,11H2,1-2H3,(H,26,30,31). The molecule has 3 heterocycles. The largest absolute Gasteiger partial charge is 0.504 e. The predicted molar refractivity (Wildman–Crippen MR) is 118 cm³/mol. The van der Waals surface area contributed by atoms with E-state index in [1.165, 1.54) is 12.0 Å². The van der Waals surface area contributed by atoms with E-state index in [4.69, 9.17) is 4.74 Å². The number of hydrogen-bond acceptors (Lipinski definition) is 6. The molecule has 168 valence electrons. The van der Waals surface area contributed by atoms with E-state index in [-0.39, 0.29) is 24.0 Å². The maximum Gasteiger partial charge on any atom is 0.255 e. The number of aryl methyl sites for hydroxylation is 1. The highest BCUT2D eigenvalue weighted by atomic mass is 16.5. The third kappa shape index (κ3) is 3.42. The second kappa shape index (κ2) is 7.77. The Kier molecular flexibility index (Phi) is 4.88. The maximum absolute atomic E-state index is 13.0. The van der Waals surface area contributed by atoms with E-state index in [2.05, 4.69) is 10.3 Å². The number of aromatic nitrogens is 2. The predicted octanol–water partition coefficient (Wildman–Crippen LogP) is 2.23. The normalized spacial score (nSPS) is 17.8. The van der Waals surface area contributed by atoms with E-state index in [1.807, 2.05) is 29.8 Å². The number of nitrogens with zero attached hydrogens (tertiary/aromatic N) is 3. The molecule has 2 aliphatic heterocycles. The number of phenols is 1. The third-order valence-corrected chi connectivity index (χ3v) is 6.19. The van der Waals surface area contributed by atoms with E-state index >= 15 is 0 Å². The average Bonchev–Trinajstić information content (AvgIpc) is 3.33. The van der Waals surface area contributed by atoms with Gasteiger partial charge in [0.2, 0.25) is 11.8 Å². The first kappa shape index (κ1) is 20.7. The lowest BCUT2D eigenvalue weighted by Crippen LogP contribution is -2.52. The van der Waals surface area contributed by atoms with Crippen LogP contribution in [0.4, 0.5) is 0 Å². The summed E-state index contributed by atoms with van der Waals surface area (Å²) in [6.07, 6.45) is 2.23. The van der Waals surface area contributed by atoms with Crippen molar-refractivity contribution < 1.29 is 24.2 Å². The number of benzene rings is 2. The Bertz CT molecular complexity index is 1310. The number of amides is 3. The fourth-order valence-corrected chi connectivity index (χ4v) is 4.54. The molecule has 1 atom stereocenters. The second-order valence-corrected chi connectivity index (χ2v) is 8.21. The summed E-state index contributed by atoms with van der Waals surface area (Å²) in [4.78, 5) is 42.8. The van der Waals surface area contributed by atoms with Gasteiger partial charge in [0.1, 0.15) is 6.04 Å². The van der Waals surface area contributed by atoms with Gasteiger partial charge in [0.25, 0.3) is 5.91 Å². The van der Waals surface area contributed by atoms with Crippen molar-refractivity contribution in [3.8, 4) is 34.0 Å². The Hall–Kier alpha value is -4.14. The van der Waals surface area contributed by atoms with Crippen molar-refractivity contribution in [2.24, 2.45) is 7.05 Å². The minimum Gasteiger partial charge on any atom is -0.504 e. The summed E-state index contributed by atoms with van der Waals surface area (Å²) < 4.78 is 7.01. The number of nitrogens with one attached hydrogen (secondary N) is 1. The molecule has 0 saturated carbocycles. The van der Waals surface area contributed by atoms with Crippen LogP contribution in [0.25, 0.3) is 22.5 Å². The van der Waals surface area contributed by atoms with Gasteiger partial charge in [0.15, 0.2) is 11.5 Å². The van der Waals surface area contributed by atoms with Gasteiger partial charge in [0.05, 0.1) is 24.8 Å². The summed E-state index contributed by atoms with van der Waals surface area (Å²) in [5, 5.41) is 12.6. The van der Waals surface area contributed by atoms with E-state index in [1.54, 1.807) is 24.5 Å². The highest BCUT2D eigenvalue weighted by Crippen LogP contribution is 2.37. The van der Waals surface area contributed by atoms with Crippen molar-refractivity contribution in [1.29, 1.82) is 0 Å².